The highest BCUT2D eigenvalue weighted by Gasteiger charge is 2.52. The van der Waals surface area contributed by atoms with Gasteiger partial charge in [0.05, 0.1) is 6.54 Å². The van der Waals surface area contributed by atoms with Crippen molar-refractivity contribution in [2.75, 3.05) is 13.2 Å². The Labute approximate surface area is 154 Å². The SMILES string of the molecule is Cc1cc(C)cc(OC[C@@H](O)CN2C(=O)NC3(CCC(C)CC3)C2=O)c1. The first-order valence-corrected chi connectivity index (χ1v) is 9.32. The molecule has 2 N–H and O–H groups in total. The lowest BCUT2D eigenvalue weighted by Gasteiger charge is -2.33. The average molecular weight is 360 g/mol. The van der Waals surface area contributed by atoms with Crippen LogP contribution in [0.3, 0.4) is 0 Å². The number of imide groups is 1. The molecular weight excluding hydrogens is 332 g/mol. The standard InChI is InChI=1S/C20H28N2O4/c1-13-4-6-20(7-5-13)18(24)22(19(25)21-20)11-16(23)12-26-17-9-14(2)8-15(3)10-17/h8-10,13,16,23H,4-7,11-12H2,1-3H3,(H,21,25)/t13?,16-,20?/m0/s1. The van der Waals surface area contributed by atoms with Crippen LogP contribution in [0.1, 0.15) is 43.7 Å². The van der Waals surface area contributed by atoms with Gasteiger partial charge in [-0.2, -0.15) is 0 Å². The Hall–Kier alpha value is -2.08. The number of carbonyl (C=O) groups excluding carboxylic acids is 2. The molecule has 0 aromatic heterocycles. The zero-order valence-electron chi connectivity index (χ0n) is 15.7. The van der Waals surface area contributed by atoms with Crippen LogP contribution in [-0.2, 0) is 4.79 Å². The number of aliphatic hydroxyl groups is 1. The van der Waals surface area contributed by atoms with Gasteiger partial charge in [0.1, 0.15) is 24.0 Å². The van der Waals surface area contributed by atoms with Crippen LogP contribution in [0.25, 0.3) is 0 Å². The molecule has 0 bridgehead atoms. The molecule has 0 radical (unpaired) electrons. The number of amides is 3. The summed E-state index contributed by atoms with van der Waals surface area (Å²) < 4.78 is 5.64. The molecule has 1 aliphatic carbocycles. The summed E-state index contributed by atoms with van der Waals surface area (Å²) in [5.41, 5.74) is 1.40. The van der Waals surface area contributed by atoms with Crippen LogP contribution in [0.5, 0.6) is 5.75 Å². The maximum Gasteiger partial charge on any atom is 0.325 e. The Morgan fingerprint density at radius 2 is 1.85 bits per heavy atom. The topological polar surface area (TPSA) is 78.9 Å². The fourth-order valence-electron chi connectivity index (χ4n) is 3.91. The van der Waals surface area contributed by atoms with Crippen LogP contribution in [0, 0.1) is 19.8 Å². The predicted octanol–water partition coefficient (Wildman–Crippen LogP) is 2.54. The highest BCUT2D eigenvalue weighted by Crippen LogP contribution is 2.36. The Balaban J connectivity index is 1.58. The van der Waals surface area contributed by atoms with Gasteiger partial charge in [-0.25, -0.2) is 4.79 Å². The van der Waals surface area contributed by atoms with Crippen LogP contribution in [0.2, 0.25) is 0 Å². The molecule has 2 aliphatic rings. The molecule has 1 aliphatic heterocycles. The van der Waals surface area contributed by atoms with E-state index < -0.39 is 17.7 Å². The number of aryl methyl sites for hydroxylation is 2. The van der Waals surface area contributed by atoms with Gasteiger partial charge in [-0.05, 0) is 68.7 Å². The molecule has 142 valence electrons. The smallest absolute Gasteiger partial charge is 0.325 e. The van der Waals surface area contributed by atoms with Crippen molar-refractivity contribution in [3.8, 4) is 5.75 Å². The molecule has 1 atom stereocenters. The van der Waals surface area contributed by atoms with Crippen LogP contribution in [-0.4, -0.2) is 46.7 Å². The number of urea groups is 1. The summed E-state index contributed by atoms with van der Waals surface area (Å²) in [6, 6.07) is 5.42. The van der Waals surface area contributed by atoms with Gasteiger partial charge in [-0.15, -0.1) is 0 Å². The van der Waals surface area contributed by atoms with E-state index in [1.807, 2.05) is 32.0 Å². The van der Waals surface area contributed by atoms with Crippen LogP contribution in [0.15, 0.2) is 18.2 Å². The minimum absolute atomic E-state index is 0.0317. The van der Waals surface area contributed by atoms with E-state index in [2.05, 4.69) is 12.2 Å². The molecular formula is C20H28N2O4. The Bertz CT molecular complexity index is 675. The number of nitrogens with zero attached hydrogens (tertiary/aromatic N) is 1. The summed E-state index contributed by atoms with van der Waals surface area (Å²) in [7, 11) is 0. The van der Waals surface area contributed by atoms with Crippen LogP contribution in [0.4, 0.5) is 4.79 Å². The number of benzene rings is 1. The van der Waals surface area contributed by atoms with E-state index in [4.69, 9.17) is 4.74 Å². The summed E-state index contributed by atoms with van der Waals surface area (Å²) in [6.07, 6.45) is 2.27. The fraction of sp³-hybridized carbons (Fsp3) is 0.600. The monoisotopic (exact) mass is 360 g/mol. The predicted molar refractivity (Wildman–Crippen MR) is 98.0 cm³/mol. The van der Waals surface area contributed by atoms with Gasteiger partial charge in [-0.3, -0.25) is 9.69 Å². The lowest BCUT2D eigenvalue weighted by Crippen LogP contribution is -2.49. The minimum Gasteiger partial charge on any atom is -0.491 e. The summed E-state index contributed by atoms with van der Waals surface area (Å²) in [5, 5.41) is 13.1. The molecule has 6 nitrogen and oxygen atoms in total. The molecule has 1 aromatic carbocycles. The number of hydrogen-bond donors (Lipinski definition) is 2. The molecule has 6 heteroatoms. The minimum atomic E-state index is -0.928. The van der Waals surface area contributed by atoms with Crippen LogP contribution < -0.4 is 10.1 Å². The third-order valence-corrected chi connectivity index (χ3v) is 5.40. The van der Waals surface area contributed by atoms with E-state index >= 15 is 0 Å². The van der Waals surface area contributed by atoms with Crippen molar-refractivity contribution in [1.29, 1.82) is 0 Å². The fourth-order valence-corrected chi connectivity index (χ4v) is 3.91. The van der Waals surface area contributed by atoms with Crippen molar-refractivity contribution in [2.45, 2.75) is 58.1 Å². The lowest BCUT2D eigenvalue weighted by atomic mass is 9.77. The third-order valence-electron chi connectivity index (χ3n) is 5.40. The molecule has 2 fully saturated rings. The highest BCUT2D eigenvalue weighted by atomic mass is 16.5. The number of ether oxygens (including phenoxy) is 1. The van der Waals surface area contributed by atoms with E-state index in [0.29, 0.717) is 24.5 Å². The van der Waals surface area contributed by atoms with Crippen LogP contribution >= 0.6 is 0 Å². The number of carbonyl (C=O) groups is 2. The van der Waals surface area contributed by atoms with Gasteiger partial charge in [0.15, 0.2) is 0 Å². The average Bonchev–Trinajstić information content (AvgIpc) is 2.79. The van der Waals surface area contributed by atoms with Gasteiger partial charge in [0, 0.05) is 0 Å². The van der Waals surface area contributed by atoms with Crippen molar-refractivity contribution in [3.05, 3.63) is 29.3 Å². The van der Waals surface area contributed by atoms with Gasteiger partial charge in [0.25, 0.3) is 5.91 Å². The van der Waals surface area contributed by atoms with Gasteiger partial charge in [0.2, 0.25) is 0 Å². The molecule has 0 unspecified atom stereocenters. The molecule has 3 amide bonds. The summed E-state index contributed by atoms with van der Waals surface area (Å²) in [5.74, 6) is 1.05. The first-order chi connectivity index (χ1) is 12.3. The number of β-amino-alcohol motifs (C(OH)–C–C–N with tert-alkyl or cyclic N) is 1. The normalized spacial score (nSPS) is 26.9. The molecule has 1 heterocycles. The first-order valence-electron chi connectivity index (χ1n) is 9.32. The molecule has 1 aromatic rings. The van der Waals surface area contributed by atoms with Crippen molar-refractivity contribution in [1.82, 2.24) is 10.2 Å². The van der Waals surface area contributed by atoms with Gasteiger partial charge >= 0.3 is 6.03 Å². The van der Waals surface area contributed by atoms with E-state index in [-0.39, 0.29) is 19.1 Å². The molecule has 1 spiro atoms. The Kier molecular flexibility index (Phi) is 5.23. The quantitative estimate of drug-likeness (QED) is 0.791. The molecule has 3 rings (SSSR count). The lowest BCUT2D eigenvalue weighted by molar-refractivity contribution is -0.133. The summed E-state index contributed by atoms with van der Waals surface area (Å²) in [4.78, 5) is 26.2. The number of hydrogen-bond acceptors (Lipinski definition) is 4. The molecule has 1 saturated carbocycles. The van der Waals surface area contributed by atoms with Crippen molar-refractivity contribution >= 4 is 11.9 Å². The summed E-state index contributed by atoms with van der Waals surface area (Å²) >= 11 is 0. The van der Waals surface area contributed by atoms with Gasteiger partial charge in [-0.1, -0.05) is 13.0 Å². The van der Waals surface area contributed by atoms with Crippen molar-refractivity contribution in [3.63, 3.8) is 0 Å². The summed E-state index contributed by atoms with van der Waals surface area (Å²) in [6.45, 7) is 6.11. The zero-order valence-corrected chi connectivity index (χ0v) is 15.7. The second-order valence-electron chi connectivity index (χ2n) is 7.90. The maximum atomic E-state index is 12.8. The zero-order chi connectivity index (χ0) is 18.9. The highest BCUT2D eigenvalue weighted by molar-refractivity contribution is 6.07. The first kappa shape index (κ1) is 18.7. The van der Waals surface area contributed by atoms with E-state index in [1.54, 1.807) is 0 Å². The third kappa shape index (κ3) is 3.85. The van der Waals surface area contributed by atoms with E-state index in [9.17, 15) is 14.7 Å². The van der Waals surface area contributed by atoms with E-state index in [0.717, 1.165) is 28.9 Å². The maximum absolute atomic E-state index is 12.8. The number of rotatable bonds is 5. The largest absolute Gasteiger partial charge is 0.491 e. The van der Waals surface area contributed by atoms with Crippen molar-refractivity contribution in [2.24, 2.45) is 5.92 Å². The Morgan fingerprint density at radius 1 is 1.23 bits per heavy atom. The molecule has 26 heavy (non-hydrogen) atoms. The Morgan fingerprint density at radius 3 is 2.46 bits per heavy atom. The van der Waals surface area contributed by atoms with E-state index in [1.165, 1.54) is 0 Å². The van der Waals surface area contributed by atoms with Gasteiger partial charge < -0.3 is 15.2 Å². The second-order valence-corrected chi connectivity index (χ2v) is 7.90. The van der Waals surface area contributed by atoms with Crippen molar-refractivity contribution < 1.29 is 19.4 Å². The number of nitrogens with one attached hydrogen (secondary N) is 1. The number of aliphatic hydroxyl groups excluding tert-OH is 1. The second kappa shape index (κ2) is 7.27. The molecule has 1 saturated heterocycles.